The Kier molecular flexibility index (Phi) is 4.42. The van der Waals surface area contributed by atoms with Crippen molar-refractivity contribution >= 4 is 21.1 Å². The highest BCUT2D eigenvalue weighted by Gasteiger charge is 2.12. The van der Waals surface area contributed by atoms with Gasteiger partial charge in [0.05, 0.1) is 9.52 Å². The van der Waals surface area contributed by atoms with Gasteiger partial charge in [0.25, 0.3) is 0 Å². The number of ether oxygens (including phenoxy) is 1. The van der Waals surface area contributed by atoms with Gasteiger partial charge < -0.3 is 4.74 Å². The van der Waals surface area contributed by atoms with Gasteiger partial charge in [0.1, 0.15) is 0 Å². The smallest absolute Gasteiger partial charge is 0.0567 e. The van der Waals surface area contributed by atoms with E-state index >= 15 is 0 Å². The largest absolute Gasteiger partial charge is 0.382 e. The zero-order valence-corrected chi connectivity index (χ0v) is 8.48. The first kappa shape index (κ1) is 8.56. The monoisotopic (exact) mass is 178 g/mol. The molecular weight excluding hydrogens is 164 g/mol. The predicted molar refractivity (Wildman–Crippen MR) is 47.7 cm³/mol. The molecule has 0 amide bonds. The van der Waals surface area contributed by atoms with Gasteiger partial charge >= 0.3 is 0 Å². The molecule has 0 spiro atoms. The van der Waals surface area contributed by atoms with Crippen LogP contribution in [-0.2, 0) is 4.74 Å². The van der Waals surface area contributed by atoms with E-state index in [2.05, 4.69) is 0 Å². The summed E-state index contributed by atoms with van der Waals surface area (Å²) < 4.78 is 5.58. The topological polar surface area (TPSA) is 9.23 Å². The summed E-state index contributed by atoms with van der Waals surface area (Å²) >= 11 is 5.60. The normalized spacial score (nSPS) is 27.9. The Morgan fingerprint density at radius 3 is 3.00 bits per heavy atom. The van der Waals surface area contributed by atoms with Crippen LogP contribution in [0.1, 0.15) is 19.3 Å². The van der Waals surface area contributed by atoms with Crippen LogP contribution >= 0.6 is 11.6 Å². The second-order valence-electron chi connectivity index (χ2n) is 2.82. The maximum Gasteiger partial charge on any atom is 0.0567 e. The fourth-order valence-electron chi connectivity index (χ4n) is 1.34. The van der Waals surface area contributed by atoms with E-state index in [1.807, 2.05) is 0 Å². The Bertz CT molecular complexity index is 83.7. The minimum absolute atomic E-state index is 0.0113. The number of rotatable bonds is 3. The molecule has 0 aliphatic carbocycles. The molecule has 1 aliphatic heterocycles. The van der Waals surface area contributed by atoms with Crippen molar-refractivity contribution in [2.45, 2.75) is 31.0 Å². The first-order chi connectivity index (χ1) is 4.93. The highest BCUT2D eigenvalue weighted by atomic mass is 35.5. The summed E-state index contributed by atoms with van der Waals surface area (Å²) in [6, 6.07) is 1.24. The SMILES string of the molecule is ClCC[SiH2]C1CCCCO1. The summed E-state index contributed by atoms with van der Waals surface area (Å²) in [5, 5.41) is 0. The average molecular weight is 179 g/mol. The van der Waals surface area contributed by atoms with Gasteiger partial charge in [-0.15, -0.1) is 11.6 Å². The van der Waals surface area contributed by atoms with Crippen LogP contribution in [0.15, 0.2) is 0 Å². The molecular formula is C7H15ClOSi. The zero-order chi connectivity index (χ0) is 7.23. The molecule has 1 unspecified atom stereocenters. The van der Waals surface area contributed by atoms with Crippen molar-refractivity contribution in [3.63, 3.8) is 0 Å². The number of alkyl halides is 1. The minimum Gasteiger partial charge on any atom is -0.382 e. The molecule has 3 heteroatoms. The Morgan fingerprint density at radius 1 is 1.50 bits per heavy atom. The van der Waals surface area contributed by atoms with Crippen LogP contribution in [0, 0.1) is 0 Å². The van der Waals surface area contributed by atoms with E-state index in [1.165, 1.54) is 25.3 Å². The van der Waals surface area contributed by atoms with Crippen molar-refractivity contribution in [2.75, 3.05) is 12.5 Å². The van der Waals surface area contributed by atoms with Gasteiger partial charge in [-0.25, -0.2) is 0 Å². The van der Waals surface area contributed by atoms with E-state index in [1.54, 1.807) is 0 Å². The van der Waals surface area contributed by atoms with E-state index < -0.39 is 0 Å². The average Bonchev–Trinajstić information content (AvgIpc) is 2.03. The predicted octanol–water partition coefficient (Wildman–Crippen LogP) is 1.34. The summed E-state index contributed by atoms with van der Waals surface area (Å²) in [4.78, 5) is 0. The fraction of sp³-hybridized carbons (Fsp3) is 1.00. The molecule has 0 aromatic carbocycles. The molecule has 1 nitrogen and oxygen atoms in total. The van der Waals surface area contributed by atoms with Crippen LogP contribution in [0.2, 0.25) is 6.04 Å². The van der Waals surface area contributed by atoms with Gasteiger partial charge in [-0.2, -0.15) is 0 Å². The molecule has 0 aromatic rings. The van der Waals surface area contributed by atoms with Gasteiger partial charge in [0.15, 0.2) is 0 Å². The van der Waals surface area contributed by atoms with Gasteiger partial charge in [-0.3, -0.25) is 0 Å². The molecule has 0 N–H and O–H groups in total. The second-order valence-corrected chi connectivity index (χ2v) is 5.39. The van der Waals surface area contributed by atoms with Crippen LogP contribution in [0.25, 0.3) is 0 Å². The molecule has 1 rings (SSSR count). The summed E-state index contributed by atoms with van der Waals surface area (Å²) in [5.41, 5.74) is 0.660. The molecule has 0 saturated carbocycles. The second kappa shape index (κ2) is 5.16. The van der Waals surface area contributed by atoms with Crippen molar-refractivity contribution in [3.05, 3.63) is 0 Å². The molecule has 1 heterocycles. The minimum atomic E-state index is 0.0113. The number of hydrogen-bond donors (Lipinski definition) is 0. The molecule has 0 radical (unpaired) electrons. The first-order valence-electron chi connectivity index (χ1n) is 4.11. The Morgan fingerprint density at radius 2 is 2.40 bits per heavy atom. The van der Waals surface area contributed by atoms with E-state index in [9.17, 15) is 0 Å². The molecule has 1 atom stereocenters. The van der Waals surface area contributed by atoms with Gasteiger partial charge in [-0.05, 0) is 25.3 Å². The molecule has 10 heavy (non-hydrogen) atoms. The van der Waals surface area contributed by atoms with E-state index in [-0.39, 0.29) is 9.52 Å². The summed E-state index contributed by atoms with van der Waals surface area (Å²) in [7, 11) is 0.0113. The van der Waals surface area contributed by atoms with Crippen LogP contribution in [0.4, 0.5) is 0 Å². The molecule has 1 aliphatic rings. The number of halogens is 1. The molecule has 1 fully saturated rings. The quantitative estimate of drug-likeness (QED) is 0.468. The maximum atomic E-state index is 5.60. The van der Waals surface area contributed by atoms with E-state index in [0.717, 1.165) is 12.5 Å². The van der Waals surface area contributed by atoms with Crippen LogP contribution in [-0.4, -0.2) is 27.7 Å². The third-order valence-electron chi connectivity index (χ3n) is 1.93. The third-order valence-corrected chi connectivity index (χ3v) is 4.70. The van der Waals surface area contributed by atoms with Gasteiger partial charge in [0.2, 0.25) is 0 Å². The van der Waals surface area contributed by atoms with E-state index in [0.29, 0.717) is 5.73 Å². The van der Waals surface area contributed by atoms with Crippen molar-refractivity contribution < 1.29 is 4.74 Å². The third kappa shape index (κ3) is 3.04. The van der Waals surface area contributed by atoms with Crippen molar-refractivity contribution in [1.82, 2.24) is 0 Å². The molecule has 0 bridgehead atoms. The number of hydrogen-bond acceptors (Lipinski definition) is 1. The van der Waals surface area contributed by atoms with Gasteiger partial charge in [0, 0.05) is 18.2 Å². The summed E-state index contributed by atoms with van der Waals surface area (Å²) in [6.45, 7) is 1.000. The van der Waals surface area contributed by atoms with Gasteiger partial charge in [-0.1, -0.05) is 0 Å². The Balaban J connectivity index is 2.02. The molecule has 0 aromatic heterocycles. The Labute approximate surface area is 69.9 Å². The lowest BCUT2D eigenvalue weighted by molar-refractivity contribution is 0.0651. The van der Waals surface area contributed by atoms with Crippen LogP contribution in [0.5, 0.6) is 0 Å². The maximum absolute atomic E-state index is 5.60. The van der Waals surface area contributed by atoms with Crippen molar-refractivity contribution in [1.29, 1.82) is 0 Å². The lowest BCUT2D eigenvalue weighted by Gasteiger charge is -2.21. The lowest BCUT2D eigenvalue weighted by atomic mass is 10.2. The first-order valence-corrected chi connectivity index (χ1v) is 6.46. The molecule has 60 valence electrons. The molecule has 1 saturated heterocycles. The standard InChI is InChI=1S/C7H15ClOSi/c8-4-6-10-7-3-1-2-5-9-7/h7H,1-6,10H2. The zero-order valence-electron chi connectivity index (χ0n) is 6.31. The van der Waals surface area contributed by atoms with E-state index in [4.69, 9.17) is 16.3 Å². The lowest BCUT2D eigenvalue weighted by Crippen LogP contribution is -2.25. The fourth-order valence-corrected chi connectivity index (χ4v) is 3.32. The highest BCUT2D eigenvalue weighted by molar-refractivity contribution is 6.39. The van der Waals surface area contributed by atoms with Crippen molar-refractivity contribution in [2.24, 2.45) is 0 Å². The van der Waals surface area contributed by atoms with Crippen LogP contribution < -0.4 is 0 Å². The summed E-state index contributed by atoms with van der Waals surface area (Å²) in [6.07, 6.45) is 3.95. The van der Waals surface area contributed by atoms with Crippen molar-refractivity contribution in [3.8, 4) is 0 Å². The Hall–Kier alpha value is 0.467. The van der Waals surface area contributed by atoms with Crippen LogP contribution in [0.3, 0.4) is 0 Å². The highest BCUT2D eigenvalue weighted by Crippen LogP contribution is 2.12. The summed E-state index contributed by atoms with van der Waals surface area (Å²) in [5.74, 6) is 0.839.